The van der Waals surface area contributed by atoms with Crippen molar-refractivity contribution in [2.24, 2.45) is 5.14 Å². The number of sulfonamides is 1. The fourth-order valence-electron chi connectivity index (χ4n) is 2.86. The van der Waals surface area contributed by atoms with E-state index in [0.29, 0.717) is 13.2 Å². The standard InChI is InChI=1S/C22H23BrN2O3S.ClH/c23-20-8-11-22(28-16-18-4-2-1-3-5-18)19(14-20)15-25-13-12-17-6-9-21(10-7-17)29(24,26)27;/h1-11,14,25H,12-13,15-16H2,(H2,24,26,27);1H. The molecule has 30 heavy (non-hydrogen) atoms. The number of benzene rings is 3. The van der Waals surface area contributed by atoms with Crippen molar-refractivity contribution in [2.45, 2.75) is 24.5 Å². The van der Waals surface area contributed by atoms with Crippen LogP contribution >= 0.6 is 28.3 Å². The molecule has 0 radical (unpaired) electrons. The highest BCUT2D eigenvalue weighted by atomic mass is 79.9. The van der Waals surface area contributed by atoms with Gasteiger partial charge in [-0.25, -0.2) is 13.6 Å². The van der Waals surface area contributed by atoms with Crippen LogP contribution in [0.2, 0.25) is 0 Å². The zero-order valence-corrected chi connectivity index (χ0v) is 19.5. The molecule has 3 aromatic rings. The Kier molecular flexibility index (Phi) is 9.33. The van der Waals surface area contributed by atoms with Gasteiger partial charge in [-0.1, -0.05) is 58.4 Å². The molecule has 0 spiro atoms. The topological polar surface area (TPSA) is 81.4 Å². The van der Waals surface area contributed by atoms with Gasteiger partial charge in [-0.15, -0.1) is 12.4 Å². The van der Waals surface area contributed by atoms with Crippen LogP contribution in [-0.4, -0.2) is 15.0 Å². The third-order valence-corrected chi connectivity index (χ3v) is 5.84. The van der Waals surface area contributed by atoms with Gasteiger partial charge in [0.25, 0.3) is 0 Å². The second-order valence-electron chi connectivity index (χ2n) is 6.64. The van der Waals surface area contributed by atoms with Crippen molar-refractivity contribution >= 4 is 38.4 Å². The van der Waals surface area contributed by atoms with E-state index in [1.165, 1.54) is 12.1 Å². The van der Waals surface area contributed by atoms with Gasteiger partial charge >= 0.3 is 0 Å². The third-order valence-electron chi connectivity index (χ3n) is 4.42. The maximum atomic E-state index is 11.3. The van der Waals surface area contributed by atoms with Crippen LogP contribution in [0.15, 0.2) is 82.2 Å². The summed E-state index contributed by atoms with van der Waals surface area (Å²) in [6.45, 7) is 1.93. The largest absolute Gasteiger partial charge is 0.489 e. The van der Waals surface area contributed by atoms with Crippen molar-refractivity contribution in [1.29, 1.82) is 0 Å². The number of nitrogens with one attached hydrogen (secondary N) is 1. The van der Waals surface area contributed by atoms with Gasteiger partial charge in [0.1, 0.15) is 12.4 Å². The molecule has 0 unspecified atom stereocenters. The van der Waals surface area contributed by atoms with E-state index in [0.717, 1.165) is 39.9 Å². The molecule has 0 aliphatic heterocycles. The average molecular weight is 512 g/mol. The second kappa shape index (κ2) is 11.5. The highest BCUT2D eigenvalue weighted by molar-refractivity contribution is 9.10. The molecule has 3 aromatic carbocycles. The molecule has 160 valence electrons. The molecule has 0 aliphatic rings. The van der Waals surface area contributed by atoms with Crippen molar-refractivity contribution in [2.75, 3.05) is 6.54 Å². The minimum absolute atomic E-state index is 0. The maximum Gasteiger partial charge on any atom is 0.238 e. The summed E-state index contributed by atoms with van der Waals surface area (Å²) in [4.78, 5) is 0.128. The van der Waals surface area contributed by atoms with Crippen LogP contribution < -0.4 is 15.2 Å². The molecular weight excluding hydrogens is 488 g/mol. The predicted molar refractivity (Wildman–Crippen MR) is 125 cm³/mol. The first kappa shape index (κ1) is 24.4. The van der Waals surface area contributed by atoms with Crippen molar-refractivity contribution < 1.29 is 13.2 Å². The Morgan fingerprint density at radius 3 is 2.30 bits per heavy atom. The van der Waals surface area contributed by atoms with Gasteiger partial charge in [0.15, 0.2) is 0 Å². The molecule has 3 rings (SSSR count). The Hall–Kier alpha value is -1.90. The van der Waals surface area contributed by atoms with Gasteiger partial charge in [0.2, 0.25) is 10.0 Å². The molecule has 0 aromatic heterocycles. The second-order valence-corrected chi connectivity index (χ2v) is 9.12. The number of hydrogen-bond acceptors (Lipinski definition) is 4. The molecule has 0 atom stereocenters. The van der Waals surface area contributed by atoms with E-state index in [4.69, 9.17) is 9.88 Å². The molecule has 0 fully saturated rings. The first-order valence-electron chi connectivity index (χ1n) is 9.19. The van der Waals surface area contributed by atoms with Crippen molar-refractivity contribution in [3.63, 3.8) is 0 Å². The number of nitrogens with two attached hydrogens (primary N) is 1. The number of hydrogen-bond donors (Lipinski definition) is 2. The molecule has 0 bridgehead atoms. The quantitative estimate of drug-likeness (QED) is 0.417. The summed E-state index contributed by atoms with van der Waals surface area (Å²) >= 11 is 3.52. The van der Waals surface area contributed by atoms with E-state index in [9.17, 15) is 8.42 Å². The first-order chi connectivity index (χ1) is 13.9. The van der Waals surface area contributed by atoms with E-state index in [-0.39, 0.29) is 17.3 Å². The smallest absolute Gasteiger partial charge is 0.238 e. The van der Waals surface area contributed by atoms with Crippen LogP contribution in [0.25, 0.3) is 0 Å². The fraction of sp³-hybridized carbons (Fsp3) is 0.182. The molecule has 0 saturated carbocycles. The molecular formula is C22H24BrClN2O3S. The molecule has 5 nitrogen and oxygen atoms in total. The van der Waals surface area contributed by atoms with Gasteiger partial charge in [-0.2, -0.15) is 0 Å². The normalized spacial score (nSPS) is 11.0. The van der Waals surface area contributed by atoms with Crippen molar-refractivity contribution in [3.8, 4) is 5.75 Å². The van der Waals surface area contributed by atoms with E-state index < -0.39 is 10.0 Å². The van der Waals surface area contributed by atoms with Crippen LogP contribution in [0, 0.1) is 0 Å². The number of primary sulfonamides is 1. The predicted octanol–water partition coefficient (Wildman–Crippen LogP) is 4.43. The Balaban J connectivity index is 0.00000320. The van der Waals surface area contributed by atoms with Crippen LogP contribution in [0.3, 0.4) is 0 Å². The summed E-state index contributed by atoms with van der Waals surface area (Å²) in [5.41, 5.74) is 3.23. The lowest BCUT2D eigenvalue weighted by Crippen LogP contribution is -2.17. The highest BCUT2D eigenvalue weighted by Gasteiger charge is 2.07. The van der Waals surface area contributed by atoms with E-state index >= 15 is 0 Å². The minimum atomic E-state index is -3.65. The van der Waals surface area contributed by atoms with Crippen LogP contribution in [-0.2, 0) is 29.6 Å². The summed E-state index contributed by atoms with van der Waals surface area (Å²) in [5, 5.41) is 8.54. The van der Waals surface area contributed by atoms with Gasteiger partial charge < -0.3 is 10.1 Å². The zero-order chi connectivity index (χ0) is 20.7. The SMILES string of the molecule is Cl.NS(=O)(=O)c1ccc(CCNCc2cc(Br)ccc2OCc2ccccc2)cc1. The number of rotatable bonds is 9. The highest BCUT2D eigenvalue weighted by Crippen LogP contribution is 2.24. The van der Waals surface area contributed by atoms with Gasteiger partial charge in [-0.05, 0) is 54.4 Å². The summed E-state index contributed by atoms with van der Waals surface area (Å²) in [5.74, 6) is 0.849. The van der Waals surface area contributed by atoms with Crippen molar-refractivity contribution in [1.82, 2.24) is 5.32 Å². The third kappa shape index (κ3) is 7.41. The summed E-state index contributed by atoms with van der Waals surface area (Å²) < 4.78 is 29.6. The minimum Gasteiger partial charge on any atom is -0.489 e. The molecule has 3 N–H and O–H groups in total. The fourth-order valence-corrected chi connectivity index (χ4v) is 3.79. The first-order valence-corrected chi connectivity index (χ1v) is 11.5. The summed E-state index contributed by atoms with van der Waals surface area (Å²) in [6, 6.07) is 22.7. The van der Waals surface area contributed by atoms with Crippen LogP contribution in [0.5, 0.6) is 5.75 Å². The molecule has 0 heterocycles. The Morgan fingerprint density at radius 1 is 0.933 bits per heavy atom. The van der Waals surface area contributed by atoms with E-state index in [1.807, 2.05) is 48.5 Å². The van der Waals surface area contributed by atoms with E-state index in [1.54, 1.807) is 12.1 Å². The lowest BCUT2D eigenvalue weighted by Gasteiger charge is -2.13. The lowest BCUT2D eigenvalue weighted by molar-refractivity contribution is 0.302. The van der Waals surface area contributed by atoms with Gasteiger partial charge in [0, 0.05) is 16.6 Å². The van der Waals surface area contributed by atoms with Crippen LogP contribution in [0.4, 0.5) is 0 Å². The summed E-state index contributed by atoms with van der Waals surface area (Å²) in [6.07, 6.45) is 0.777. The van der Waals surface area contributed by atoms with E-state index in [2.05, 4.69) is 21.2 Å². The van der Waals surface area contributed by atoms with Gasteiger partial charge in [-0.3, -0.25) is 0 Å². The average Bonchev–Trinajstić information content (AvgIpc) is 2.71. The molecule has 0 saturated heterocycles. The maximum absolute atomic E-state index is 11.3. The monoisotopic (exact) mass is 510 g/mol. The molecule has 8 heteroatoms. The lowest BCUT2D eigenvalue weighted by atomic mass is 10.1. The van der Waals surface area contributed by atoms with Gasteiger partial charge in [0.05, 0.1) is 4.90 Å². The molecule has 0 aliphatic carbocycles. The Labute approximate surface area is 192 Å². The molecule has 0 amide bonds. The number of ether oxygens (including phenoxy) is 1. The Bertz CT molecular complexity index is 1050. The number of halogens is 2. The van der Waals surface area contributed by atoms with Crippen LogP contribution in [0.1, 0.15) is 16.7 Å². The zero-order valence-electron chi connectivity index (χ0n) is 16.3. The summed E-state index contributed by atoms with van der Waals surface area (Å²) in [7, 11) is -3.65. The van der Waals surface area contributed by atoms with Crippen molar-refractivity contribution in [3.05, 3.63) is 94.0 Å². The Morgan fingerprint density at radius 2 is 1.63 bits per heavy atom.